The number of benzene rings is 1. The maximum atomic E-state index is 13.7. The van der Waals surface area contributed by atoms with Crippen LogP contribution in [0.15, 0.2) is 24.4 Å². The second-order valence-electron chi connectivity index (χ2n) is 6.20. The summed E-state index contributed by atoms with van der Waals surface area (Å²) in [5.41, 5.74) is 2.84. The van der Waals surface area contributed by atoms with Crippen molar-refractivity contribution >= 4 is 0 Å². The van der Waals surface area contributed by atoms with Gasteiger partial charge in [-0.1, -0.05) is 38.1 Å². The van der Waals surface area contributed by atoms with Gasteiger partial charge in [0, 0.05) is 11.6 Å². The highest BCUT2D eigenvalue weighted by Gasteiger charge is 2.28. The van der Waals surface area contributed by atoms with Gasteiger partial charge in [0.05, 0.1) is 11.7 Å². The maximum absolute atomic E-state index is 13.7. The Hall–Kier alpha value is -1.71. The van der Waals surface area contributed by atoms with Gasteiger partial charge in [0.15, 0.2) is 0 Å². The molecular formula is C15H18FN3. The normalized spacial score (nSPS) is 18.6. The molecule has 0 saturated carbocycles. The van der Waals surface area contributed by atoms with Crippen molar-refractivity contribution in [2.75, 3.05) is 0 Å². The molecule has 0 N–H and O–H groups in total. The van der Waals surface area contributed by atoms with Gasteiger partial charge in [-0.15, -0.1) is 5.10 Å². The zero-order valence-electron chi connectivity index (χ0n) is 11.5. The topological polar surface area (TPSA) is 30.7 Å². The molecule has 3 nitrogen and oxygen atoms in total. The quantitative estimate of drug-likeness (QED) is 0.787. The summed E-state index contributed by atoms with van der Waals surface area (Å²) in [4.78, 5) is 0. The molecule has 4 heteroatoms. The zero-order valence-corrected chi connectivity index (χ0v) is 11.5. The lowest BCUT2D eigenvalue weighted by Crippen LogP contribution is -2.12. The lowest BCUT2D eigenvalue weighted by Gasteiger charge is -2.14. The highest BCUT2D eigenvalue weighted by molar-refractivity contribution is 5.36. The van der Waals surface area contributed by atoms with Gasteiger partial charge in [-0.2, -0.15) is 0 Å². The SMILES string of the molecule is CC(C)(C)c1cn([C@H]2CCc3c(F)cccc32)nn1. The number of aromatic nitrogens is 3. The molecule has 0 saturated heterocycles. The molecule has 19 heavy (non-hydrogen) atoms. The summed E-state index contributed by atoms with van der Waals surface area (Å²) >= 11 is 0. The first kappa shape index (κ1) is 12.3. The van der Waals surface area contributed by atoms with Crippen molar-refractivity contribution in [3.8, 4) is 0 Å². The summed E-state index contributed by atoms with van der Waals surface area (Å²) in [7, 11) is 0. The third-order valence-corrected chi connectivity index (χ3v) is 3.78. The number of fused-ring (bicyclic) bond motifs is 1. The zero-order chi connectivity index (χ0) is 13.6. The third-order valence-electron chi connectivity index (χ3n) is 3.78. The Morgan fingerprint density at radius 2 is 2.11 bits per heavy atom. The molecule has 0 amide bonds. The minimum Gasteiger partial charge on any atom is -0.245 e. The Kier molecular flexibility index (Phi) is 2.69. The van der Waals surface area contributed by atoms with Crippen LogP contribution in [0.5, 0.6) is 0 Å². The van der Waals surface area contributed by atoms with Crippen LogP contribution >= 0.6 is 0 Å². The van der Waals surface area contributed by atoms with E-state index >= 15 is 0 Å². The highest BCUT2D eigenvalue weighted by Crippen LogP contribution is 2.35. The number of rotatable bonds is 1. The van der Waals surface area contributed by atoms with Gasteiger partial charge in [0.25, 0.3) is 0 Å². The average Bonchev–Trinajstić information content (AvgIpc) is 2.93. The minimum absolute atomic E-state index is 0.0123. The third kappa shape index (κ3) is 2.05. The monoisotopic (exact) mass is 259 g/mol. The first-order chi connectivity index (χ1) is 8.97. The highest BCUT2D eigenvalue weighted by atomic mass is 19.1. The Labute approximate surface area is 112 Å². The van der Waals surface area contributed by atoms with E-state index in [1.54, 1.807) is 6.07 Å². The van der Waals surface area contributed by atoms with Gasteiger partial charge < -0.3 is 0 Å². The van der Waals surface area contributed by atoms with Crippen molar-refractivity contribution in [1.29, 1.82) is 0 Å². The van der Waals surface area contributed by atoms with Crippen LogP contribution in [-0.4, -0.2) is 15.0 Å². The molecule has 2 aromatic rings. The Morgan fingerprint density at radius 3 is 2.79 bits per heavy atom. The van der Waals surface area contributed by atoms with Crippen molar-refractivity contribution < 1.29 is 4.39 Å². The fourth-order valence-electron chi connectivity index (χ4n) is 2.64. The summed E-state index contributed by atoms with van der Waals surface area (Å²) < 4.78 is 15.6. The van der Waals surface area contributed by atoms with E-state index in [1.165, 1.54) is 6.07 Å². The van der Waals surface area contributed by atoms with Gasteiger partial charge in [0.2, 0.25) is 0 Å². The molecule has 0 fully saturated rings. The molecule has 100 valence electrons. The van der Waals surface area contributed by atoms with E-state index in [1.807, 2.05) is 16.9 Å². The largest absolute Gasteiger partial charge is 0.245 e. The van der Waals surface area contributed by atoms with Crippen molar-refractivity contribution in [3.63, 3.8) is 0 Å². The van der Waals surface area contributed by atoms with Crippen LogP contribution in [-0.2, 0) is 11.8 Å². The first-order valence-corrected chi connectivity index (χ1v) is 6.66. The molecular weight excluding hydrogens is 241 g/mol. The fraction of sp³-hybridized carbons (Fsp3) is 0.467. The standard InChI is InChI=1S/C15H18FN3/c1-15(2,3)14-9-19(18-17-14)13-8-7-10-11(13)5-4-6-12(10)16/h4-6,9,13H,7-8H2,1-3H3/t13-/m0/s1. The van der Waals surface area contributed by atoms with Crippen molar-refractivity contribution in [2.24, 2.45) is 0 Å². The summed E-state index contributed by atoms with van der Waals surface area (Å²) in [5, 5.41) is 8.48. The molecule has 0 bridgehead atoms. The Balaban J connectivity index is 1.98. The molecule has 0 spiro atoms. The van der Waals surface area contributed by atoms with E-state index in [-0.39, 0.29) is 17.3 Å². The first-order valence-electron chi connectivity index (χ1n) is 6.66. The van der Waals surface area contributed by atoms with Crippen LogP contribution in [0, 0.1) is 5.82 Å². The molecule has 0 aliphatic heterocycles. The summed E-state index contributed by atoms with van der Waals surface area (Å²) in [6.45, 7) is 6.34. The van der Waals surface area contributed by atoms with Gasteiger partial charge in [0.1, 0.15) is 5.82 Å². The second kappa shape index (κ2) is 4.15. The van der Waals surface area contributed by atoms with E-state index in [0.717, 1.165) is 29.7 Å². The molecule has 1 aromatic carbocycles. The molecule has 1 aliphatic carbocycles. The smallest absolute Gasteiger partial charge is 0.126 e. The maximum Gasteiger partial charge on any atom is 0.126 e. The molecule has 0 unspecified atom stereocenters. The predicted molar refractivity (Wildman–Crippen MR) is 71.6 cm³/mol. The van der Waals surface area contributed by atoms with Gasteiger partial charge in [-0.25, -0.2) is 9.07 Å². The number of nitrogens with zero attached hydrogens (tertiary/aromatic N) is 3. The van der Waals surface area contributed by atoms with Crippen LogP contribution in [0.25, 0.3) is 0 Å². The van der Waals surface area contributed by atoms with Crippen LogP contribution in [0.4, 0.5) is 4.39 Å². The van der Waals surface area contributed by atoms with E-state index in [4.69, 9.17) is 0 Å². The van der Waals surface area contributed by atoms with Crippen LogP contribution in [0.2, 0.25) is 0 Å². The lowest BCUT2D eigenvalue weighted by molar-refractivity contribution is 0.504. The molecule has 1 aromatic heterocycles. The molecule has 0 radical (unpaired) electrons. The van der Waals surface area contributed by atoms with Crippen LogP contribution in [0.3, 0.4) is 0 Å². The van der Waals surface area contributed by atoms with E-state index in [2.05, 4.69) is 31.1 Å². The van der Waals surface area contributed by atoms with Crippen LogP contribution < -0.4 is 0 Å². The van der Waals surface area contributed by atoms with Crippen molar-refractivity contribution in [3.05, 3.63) is 47.0 Å². The Bertz CT molecular complexity index is 610. The molecule has 1 atom stereocenters. The molecule has 1 aliphatic rings. The van der Waals surface area contributed by atoms with Crippen molar-refractivity contribution in [1.82, 2.24) is 15.0 Å². The minimum atomic E-state index is -0.101. The summed E-state index contributed by atoms with van der Waals surface area (Å²) in [6, 6.07) is 5.42. The molecule has 3 rings (SSSR count). The summed E-state index contributed by atoms with van der Waals surface area (Å²) in [6.07, 6.45) is 3.66. The summed E-state index contributed by atoms with van der Waals surface area (Å²) in [5.74, 6) is -0.101. The fourth-order valence-corrected chi connectivity index (χ4v) is 2.64. The van der Waals surface area contributed by atoms with Gasteiger partial charge in [-0.3, -0.25) is 0 Å². The average molecular weight is 259 g/mol. The lowest BCUT2D eigenvalue weighted by atomic mass is 9.93. The number of hydrogen-bond donors (Lipinski definition) is 0. The van der Waals surface area contributed by atoms with E-state index in [9.17, 15) is 4.39 Å². The van der Waals surface area contributed by atoms with E-state index < -0.39 is 0 Å². The Morgan fingerprint density at radius 1 is 1.32 bits per heavy atom. The van der Waals surface area contributed by atoms with Crippen molar-refractivity contribution in [2.45, 2.75) is 45.1 Å². The van der Waals surface area contributed by atoms with Gasteiger partial charge in [-0.05, 0) is 30.0 Å². The number of hydrogen-bond acceptors (Lipinski definition) is 2. The second-order valence-corrected chi connectivity index (χ2v) is 6.20. The molecule has 1 heterocycles. The van der Waals surface area contributed by atoms with Crippen LogP contribution in [0.1, 0.15) is 50.1 Å². The predicted octanol–water partition coefficient (Wildman–Crippen LogP) is 3.25. The van der Waals surface area contributed by atoms with E-state index in [0.29, 0.717) is 0 Å². The van der Waals surface area contributed by atoms with Gasteiger partial charge >= 0.3 is 0 Å². The number of halogens is 1.